The van der Waals surface area contributed by atoms with E-state index in [1.54, 1.807) is 36.6 Å². The molecule has 0 spiro atoms. The molecule has 1 atom stereocenters. The first-order valence-corrected chi connectivity index (χ1v) is 7.21. The van der Waals surface area contributed by atoms with Crippen molar-refractivity contribution in [3.05, 3.63) is 45.1 Å². The molecule has 0 bridgehead atoms. The Balaban J connectivity index is 1.97. The lowest BCUT2D eigenvalue weighted by Gasteiger charge is -2.23. The maximum absolute atomic E-state index is 12.3. The van der Waals surface area contributed by atoms with E-state index in [1.165, 1.54) is 11.3 Å². The summed E-state index contributed by atoms with van der Waals surface area (Å²) < 4.78 is 5.45. The zero-order chi connectivity index (χ0) is 14.3. The number of ether oxygens (including phenoxy) is 1. The van der Waals surface area contributed by atoms with Crippen molar-refractivity contribution in [2.24, 2.45) is 0 Å². The minimum atomic E-state index is -0.532. The molecule has 1 unspecified atom stereocenters. The van der Waals surface area contributed by atoms with Gasteiger partial charge in [-0.3, -0.25) is 9.59 Å². The van der Waals surface area contributed by atoms with E-state index in [0.717, 1.165) is 0 Å². The summed E-state index contributed by atoms with van der Waals surface area (Å²) in [6.45, 7) is 1.67. The number of halogens is 1. The predicted molar refractivity (Wildman–Crippen MR) is 77.9 cm³/mol. The fourth-order valence-electron chi connectivity index (χ4n) is 1.94. The SMILES string of the molecule is CC1Oc2ccc(C(=O)c3sccc3Cl)cc2NC1=O. The first-order chi connectivity index (χ1) is 9.56. The summed E-state index contributed by atoms with van der Waals surface area (Å²) in [4.78, 5) is 24.4. The molecule has 0 saturated heterocycles. The summed E-state index contributed by atoms with van der Waals surface area (Å²) in [5.41, 5.74) is 0.971. The Morgan fingerprint density at radius 3 is 2.90 bits per heavy atom. The molecule has 2 heterocycles. The maximum Gasteiger partial charge on any atom is 0.265 e. The standard InChI is InChI=1S/C14H10ClNO3S/c1-7-14(18)16-10-6-8(2-3-11(10)19-7)12(17)13-9(15)4-5-20-13/h2-7H,1H3,(H,16,18). The van der Waals surface area contributed by atoms with Crippen LogP contribution in [0, 0.1) is 0 Å². The number of anilines is 1. The van der Waals surface area contributed by atoms with Gasteiger partial charge in [0, 0.05) is 5.56 Å². The Morgan fingerprint density at radius 2 is 2.20 bits per heavy atom. The van der Waals surface area contributed by atoms with E-state index in [2.05, 4.69) is 5.32 Å². The minimum absolute atomic E-state index is 0.166. The molecule has 3 rings (SSSR count). The van der Waals surface area contributed by atoms with Crippen LogP contribution in [0.1, 0.15) is 22.2 Å². The van der Waals surface area contributed by atoms with Crippen molar-refractivity contribution in [3.8, 4) is 5.75 Å². The molecule has 1 aliphatic rings. The minimum Gasteiger partial charge on any atom is -0.479 e. The summed E-state index contributed by atoms with van der Waals surface area (Å²) in [7, 11) is 0. The smallest absolute Gasteiger partial charge is 0.265 e. The molecule has 4 nitrogen and oxygen atoms in total. The number of hydrogen-bond acceptors (Lipinski definition) is 4. The van der Waals surface area contributed by atoms with E-state index in [-0.39, 0.29) is 11.7 Å². The summed E-state index contributed by atoms with van der Waals surface area (Å²) >= 11 is 7.26. The molecule has 1 amide bonds. The third kappa shape index (κ3) is 2.19. The summed E-state index contributed by atoms with van der Waals surface area (Å²) in [6.07, 6.45) is -0.532. The van der Waals surface area contributed by atoms with Gasteiger partial charge in [0.2, 0.25) is 5.78 Å². The summed E-state index contributed by atoms with van der Waals surface area (Å²) in [5.74, 6) is 0.169. The Labute approximate surface area is 124 Å². The van der Waals surface area contributed by atoms with Gasteiger partial charge >= 0.3 is 0 Å². The molecular formula is C14H10ClNO3S. The molecule has 20 heavy (non-hydrogen) atoms. The van der Waals surface area contributed by atoms with Gasteiger partial charge < -0.3 is 10.1 Å². The van der Waals surface area contributed by atoms with Crippen LogP contribution in [0.2, 0.25) is 5.02 Å². The van der Waals surface area contributed by atoms with Crippen molar-refractivity contribution in [2.75, 3.05) is 5.32 Å². The van der Waals surface area contributed by atoms with Gasteiger partial charge in [0.05, 0.1) is 15.6 Å². The topological polar surface area (TPSA) is 55.4 Å². The number of ketones is 1. The number of thiophene rings is 1. The van der Waals surface area contributed by atoms with Gasteiger partial charge in [-0.1, -0.05) is 11.6 Å². The van der Waals surface area contributed by atoms with Crippen LogP contribution in [0.3, 0.4) is 0 Å². The van der Waals surface area contributed by atoms with Crippen LogP contribution in [0.25, 0.3) is 0 Å². The van der Waals surface area contributed by atoms with Crippen molar-refractivity contribution in [1.29, 1.82) is 0 Å². The number of fused-ring (bicyclic) bond motifs is 1. The van der Waals surface area contributed by atoms with Gasteiger partial charge in [-0.25, -0.2) is 0 Å². The number of benzene rings is 1. The van der Waals surface area contributed by atoms with Crippen LogP contribution in [-0.2, 0) is 4.79 Å². The van der Waals surface area contributed by atoms with Crippen LogP contribution in [-0.4, -0.2) is 17.8 Å². The zero-order valence-corrected chi connectivity index (χ0v) is 12.0. The lowest BCUT2D eigenvalue weighted by Crippen LogP contribution is -2.34. The molecule has 0 aliphatic carbocycles. The molecule has 1 aromatic carbocycles. The number of carbonyl (C=O) groups excluding carboxylic acids is 2. The zero-order valence-electron chi connectivity index (χ0n) is 10.5. The van der Waals surface area contributed by atoms with E-state index in [1.807, 2.05) is 0 Å². The van der Waals surface area contributed by atoms with Gasteiger partial charge in [-0.05, 0) is 36.6 Å². The number of carbonyl (C=O) groups is 2. The maximum atomic E-state index is 12.3. The first-order valence-electron chi connectivity index (χ1n) is 5.95. The van der Waals surface area contributed by atoms with Crippen LogP contribution in [0.4, 0.5) is 5.69 Å². The summed E-state index contributed by atoms with van der Waals surface area (Å²) in [6, 6.07) is 6.64. The van der Waals surface area contributed by atoms with E-state index in [9.17, 15) is 9.59 Å². The molecule has 1 N–H and O–H groups in total. The van der Waals surface area contributed by atoms with E-state index in [4.69, 9.17) is 16.3 Å². The van der Waals surface area contributed by atoms with E-state index in [0.29, 0.717) is 26.9 Å². The fraction of sp³-hybridized carbons (Fsp3) is 0.143. The number of rotatable bonds is 2. The van der Waals surface area contributed by atoms with Crippen LogP contribution < -0.4 is 10.1 Å². The molecule has 6 heteroatoms. The largest absolute Gasteiger partial charge is 0.479 e. The van der Waals surface area contributed by atoms with Gasteiger partial charge in [-0.2, -0.15) is 0 Å². The van der Waals surface area contributed by atoms with Gasteiger partial charge in [-0.15, -0.1) is 11.3 Å². The van der Waals surface area contributed by atoms with Crippen molar-refractivity contribution in [3.63, 3.8) is 0 Å². The number of amides is 1. The Morgan fingerprint density at radius 1 is 1.40 bits per heavy atom. The van der Waals surface area contributed by atoms with Gasteiger partial charge in [0.25, 0.3) is 5.91 Å². The highest BCUT2D eigenvalue weighted by atomic mass is 35.5. The Hall–Kier alpha value is -1.85. The lowest BCUT2D eigenvalue weighted by molar-refractivity contribution is -0.122. The second kappa shape index (κ2) is 4.92. The molecule has 0 fully saturated rings. The monoisotopic (exact) mass is 307 g/mol. The highest BCUT2D eigenvalue weighted by Crippen LogP contribution is 2.32. The average Bonchev–Trinajstić information content (AvgIpc) is 2.85. The molecule has 2 aromatic rings. The quantitative estimate of drug-likeness (QED) is 0.866. The van der Waals surface area contributed by atoms with Crippen molar-refractivity contribution < 1.29 is 14.3 Å². The predicted octanol–water partition coefficient (Wildman–Crippen LogP) is 3.35. The summed E-state index contributed by atoms with van der Waals surface area (Å²) in [5, 5.41) is 4.92. The number of nitrogens with one attached hydrogen (secondary N) is 1. The van der Waals surface area contributed by atoms with Crippen molar-refractivity contribution >= 4 is 40.3 Å². The molecule has 0 radical (unpaired) electrons. The van der Waals surface area contributed by atoms with Gasteiger partial charge in [0.1, 0.15) is 5.75 Å². The third-order valence-electron chi connectivity index (χ3n) is 3.00. The Kier molecular flexibility index (Phi) is 3.23. The lowest BCUT2D eigenvalue weighted by atomic mass is 10.1. The highest BCUT2D eigenvalue weighted by molar-refractivity contribution is 7.13. The molecule has 1 aromatic heterocycles. The third-order valence-corrected chi connectivity index (χ3v) is 4.34. The van der Waals surface area contributed by atoms with Crippen LogP contribution >= 0.6 is 22.9 Å². The fourth-order valence-corrected chi connectivity index (χ4v) is 3.04. The first kappa shape index (κ1) is 13.1. The normalized spacial score (nSPS) is 17.1. The highest BCUT2D eigenvalue weighted by Gasteiger charge is 2.25. The second-order valence-corrected chi connectivity index (χ2v) is 5.71. The van der Waals surface area contributed by atoms with E-state index >= 15 is 0 Å². The average molecular weight is 308 g/mol. The van der Waals surface area contributed by atoms with Crippen molar-refractivity contribution in [2.45, 2.75) is 13.0 Å². The van der Waals surface area contributed by atoms with Crippen molar-refractivity contribution in [1.82, 2.24) is 0 Å². The van der Waals surface area contributed by atoms with Crippen LogP contribution in [0.5, 0.6) is 5.75 Å². The van der Waals surface area contributed by atoms with Gasteiger partial charge in [0.15, 0.2) is 6.10 Å². The van der Waals surface area contributed by atoms with E-state index < -0.39 is 6.10 Å². The molecular weight excluding hydrogens is 298 g/mol. The molecule has 0 saturated carbocycles. The van der Waals surface area contributed by atoms with Crippen LogP contribution in [0.15, 0.2) is 29.6 Å². The number of hydrogen-bond donors (Lipinski definition) is 1. The molecule has 1 aliphatic heterocycles. The molecule has 102 valence electrons. The Bertz CT molecular complexity index is 710. The second-order valence-electron chi connectivity index (χ2n) is 4.39.